The molecule has 0 radical (unpaired) electrons. The van der Waals surface area contributed by atoms with Crippen molar-refractivity contribution in [2.45, 2.75) is 18.9 Å². The molecule has 0 saturated carbocycles. The summed E-state index contributed by atoms with van der Waals surface area (Å²) in [6.45, 7) is 1.14. The Morgan fingerprint density at radius 3 is 2.31 bits per heavy atom. The van der Waals surface area contributed by atoms with Crippen LogP contribution in [0.5, 0.6) is 0 Å². The number of para-hydroxylation sites is 2. The van der Waals surface area contributed by atoms with Crippen LogP contribution in [0.1, 0.15) is 45.2 Å². The minimum atomic E-state index is -0.104. The van der Waals surface area contributed by atoms with Crippen molar-refractivity contribution in [2.24, 2.45) is 0 Å². The number of rotatable bonds is 2. The van der Waals surface area contributed by atoms with E-state index in [-0.39, 0.29) is 23.4 Å². The second-order valence-electron chi connectivity index (χ2n) is 8.48. The van der Waals surface area contributed by atoms with Crippen molar-refractivity contribution in [3.8, 4) is 11.1 Å². The Hall–Kier alpha value is -3.93. The standard InChI is InChI=1S/C26H21N3O3/c30-24-20-6-2-1-5-18(20)19-10-9-16(15-21(19)24)25(31)28-13-11-17(12-14-28)29-23-8-4-3-7-22(23)27-26(29)32/h1-10,15,17H,11-14H2,(H,27,32). The summed E-state index contributed by atoms with van der Waals surface area (Å²) in [6.07, 6.45) is 1.42. The van der Waals surface area contributed by atoms with Crippen molar-refractivity contribution in [1.82, 2.24) is 14.5 Å². The van der Waals surface area contributed by atoms with Gasteiger partial charge in [0.25, 0.3) is 5.91 Å². The summed E-state index contributed by atoms with van der Waals surface area (Å²) in [7, 11) is 0. The summed E-state index contributed by atoms with van der Waals surface area (Å²) in [6, 6.07) is 20.7. The van der Waals surface area contributed by atoms with E-state index < -0.39 is 0 Å². The van der Waals surface area contributed by atoms with Gasteiger partial charge in [0.05, 0.1) is 11.0 Å². The molecule has 1 aromatic heterocycles. The zero-order valence-electron chi connectivity index (χ0n) is 17.4. The lowest BCUT2D eigenvalue weighted by Crippen LogP contribution is -2.40. The number of benzene rings is 3. The highest BCUT2D eigenvalue weighted by molar-refractivity contribution is 6.22. The van der Waals surface area contributed by atoms with E-state index in [0.717, 1.165) is 22.2 Å². The number of H-pyrrole nitrogens is 1. The van der Waals surface area contributed by atoms with Crippen LogP contribution in [0.15, 0.2) is 71.5 Å². The fraction of sp³-hybridized carbons (Fsp3) is 0.192. The third-order valence-electron chi connectivity index (χ3n) is 6.71. The van der Waals surface area contributed by atoms with Gasteiger partial charge in [-0.25, -0.2) is 4.79 Å². The lowest BCUT2D eigenvalue weighted by Gasteiger charge is -2.32. The third kappa shape index (κ3) is 2.76. The van der Waals surface area contributed by atoms with Crippen LogP contribution in [0.25, 0.3) is 22.2 Å². The molecule has 1 fully saturated rings. The fourth-order valence-corrected chi connectivity index (χ4v) is 5.11. The molecular weight excluding hydrogens is 402 g/mol. The number of nitrogens with one attached hydrogen (secondary N) is 1. The Bertz CT molecular complexity index is 1450. The first kappa shape index (κ1) is 18.8. The molecule has 158 valence electrons. The molecule has 3 aromatic carbocycles. The molecule has 1 aliphatic heterocycles. The van der Waals surface area contributed by atoms with Gasteiger partial charge in [-0.2, -0.15) is 0 Å². The summed E-state index contributed by atoms with van der Waals surface area (Å²) in [5.74, 6) is -0.0936. The van der Waals surface area contributed by atoms with Gasteiger partial charge in [0, 0.05) is 35.8 Å². The van der Waals surface area contributed by atoms with E-state index in [1.807, 2.05) is 70.1 Å². The van der Waals surface area contributed by atoms with E-state index in [4.69, 9.17) is 0 Å². The van der Waals surface area contributed by atoms with Crippen LogP contribution in [0, 0.1) is 0 Å². The number of likely N-dealkylation sites (tertiary alicyclic amines) is 1. The quantitative estimate of drug-likeness (QED) is 0.466. The Kier molecular flexibility index (Phi) is 4.15. The number of ketones is 1. The maximum atomic E-state index is 13.2. The molecule has 6 heteroatoms. The molecule has 0 unspecified atom stereocenters. The van der Waals surface area contributed by atoms with Gasteiger partial charge in [0.1, 0.15) is 0 Å². The highest BCUT2D eigenvalue weighted by atomic mass is 16.2. The van der Waals surface area contributed by atoms with Crippen molar-refractivity contribution >= 4 is 22.7 Å². The van der Waals surface area contributed by atoms with Crippen LogP contribution in [0.2, 0.25) is 0 Å². The third-order valence-corrected chi connectivity index (χ3v) is 6.71. The molecule has 2 heterocycles. The van der Waals surface area contributed by atoms with Gasteiger partial charge >= 0.3 is 5.69 Å². The first-order valence-electron chi connectivity index (χ1n) is 10.9. The Morgan fingerprint density at radius 1 is 0.812 bits per heavy atom. The topological polar surface area (TPSA) is 75.2 Å². The Morgan fingerprint density at radius 2 is 1.50 bits per heavy atom. The molecule has 0 atom stereocenters. The second-order valence-corrected chi connectivity index (χ2v) is 8.48. The van der Waals surface area contributed by atoms with Gasteiger partial charge in [-0.1, -0.05) is 42.5 Å². The minimum Gasteiger partial charge on any atom is -0.338 e. The smallest absolute Gasteiger partial charge is 0.326 e. The van der Waals surface area contributed by atoms with Crippen LogP contribution in [0.4, 0.5) is 0 Å². The largest absolute Gasteiger partial charge is 0.338 e. The average Bonchev–Trinajstić information content (AvgIpc) is 3.32. The molecule has 0 spiro atoms. The molecule has 0 bridgehead atoms. The molecule has 1 saturated heterocycles. The van der Waals surface area contributed by atoms with Crippen LogP contribution in [0.3, 0.4) is 0 Å². The van der Waals surface area contributed by atoms with E-state index >= 15 is 0 Å². The Labute approximate surface area is 184 Å². The number of carbonyl (C=O) groups excluding carboxylic acids is 2. The van der Waals surface area contributed by atoms with Gasteiger partial charge in [-0.05, 0) is 48.2 Å². The normalized spacial score (nSPS) is 15.8. The number of hydrogen-bond donors (Lipinski definition) is 1. The molecule has 1 aliphatic carbocycles. The van der Waals surface area contributed by atoms with Gasteiger partial charge < -0.3 is 9.88 Å². The molecule has 2 aliphatic rings. The van der Waals surface area contributed by atoms with Crippen LogP contribution < -0.4 is 5.69 Å². The predicted octanol–water partition coefficient (Wildman–Crippen LogP) is 4.02. The van der Waals surface area contributed by atoms with Crippen LogP contribution in [-0.4, -0.2) is 39.2 Å². The maximum Gasteiger partial charge on any atom is 0.326 e. The first-order chi connectivity index (χ1) is 15.6. The van der Waals surface area contributed by atoms with Crippen molar-refractivity contribution in [1.29, 1.82) is 0 Å². The predicted molar refractivity (Wildman–Crippen MR) is 122 cm³/mol. The maximum absolute atomic E-state index is 13.2. The molecular formula is C26H21N3O3. The number of aromatic nitrogens is 2. The first-order valence-corrected chi connectivity index (χ1v) is 10.9. The second kappa shape index (κ2) is 7.05. The highest BCUT2D eigenvalue weighted by Crippen LogP contribution is 2.37. The lowest BCUT2D eigenvalue weighted by atomic mass is 10.0. The number of carbonyl (C=O) groups is 2. The number of piperidine rings is 1. The van der Waals surface area contributed by atoms with E-state index in [1.54, 1.807) is 6.07 Å². The van der Waals surface area contributed by atoms with Crippen molar-refractivity contribution in [3.63, 3.8) is 0 Å². The Balaban J connectivity index is 1.22. The summed E-state index contributed by atoms with van der Waals surface area (Å²) < 4.78 is 1.82. The van der Waals surface area contributed by atoms with Gasteiger partial charge in [-0.15, -0.1) is 0 Å². The number of hydrogen-bond acceptors (Lipinski definition) is 3. The number of fused-ring (bicyclic) bond motifs is 4. The van der Waals surface area contributed by atoms with Gasteiger partial charge in [-0.3, -0.25) is 14.2 Å². The number of nitrogens with zero attached hydrogens (tertiary/aromatic N) is 2. The van der Waals surface area contributed by atoms with E-state index in [2.05, 4.69) is 4.98 Å². The summed E-state index contributed by atoms with van der Waals surface area (Å²) in [5, 5.41) is 0. The number of amides is 1. The molecule has 4 aromatic rings. The summed E-state index contributed by atoms with van der Waals surface area (Å²) in [4.78, 5) is 43.2. The van der Waals surface area contributed by atoms with Crippen molar-refractivity contribution in [3.05, 3.63) is 93.9 Å². The average molecular weight is 423 g/mol. The highest BCUT2D eigenvalue weighted by Gasteiger charge is 2.30. The molecule has 32 heavy (non-hydrogen) atoms. The zero-order chi connectivity index (χ0) is 21.8. The number of imidazole rings is 1. The van der Waals surface area contributed by atoms with Crippen molar-refractivity contribution in [2.75, 3.05) is 13.1 Å². The monoisotopic (exact) mass is 423 g/mol. The van der Waals surface area contributed by atoms with E-state index in [9.17, 15) is 14.4 Å². The molecule has 1 amide bonds. The van der Waals surface area contributed by atoms with E-state index in [0.29, 0.717) is 42.6 Å². The lowest BCUT2D eigenvalue weighted by molar-refractivity contribution is 0.0695. The minimum absolute atomic E-state index is 0.0253. The SMILES string of the molecule is O=C1c2ccccc2-c2ccc(C(=O)N3CCC(n4c(=O)[nH]c5ccccc54)CC3)cc21. The van der Waals surface area contributed by atoms with Crippen LogP contribution in [-0.2, 0) is 0 Å². The van der Waals surface area contributed by atoms with Gasteiger partial charge in [0.15, 0.2) is 5.78 Å². The fourth-order valence-electron chi connectivity index (χ4n) is 5.11. The zero-order valence-corrected chi connectivity index (χ0v) is 17.4. The molecule has 6 rings (SSSR count). The summed E-state index contributed by atoms with van der Waals surface area (Å²) >= 11 is 0. The molecule has 6 nitrogen and oxygen atoms in total. The summed E-state index contributed by atoms with van der Waals surface area (Å²) in [5.41, 5.74) is 5.27. The number of aromatic amines is 1. The van der Waals surface area contributed by atoms with Crippen LogP contribution >= 0.6 is 0 Å². The molecule has 1 N–H and O–H groups in total. The van der Waals surface area contributed by atoms with Crippen molar-refractivity contribution < 1.29 is 9.59 Å². The van der Waals surface area contributed by atoms with Gasteiger partial charge in [0.2, 0.25) is 0 Å². The van der Waals surface area contributed by atoms with E-state index in [1.165, 1.54) is 0 Å².